The molecule has 6 nitrogen and oxygen atoms in total. The van der Waals surface area contributed by atoms with Crippen molar-refractivity contribution in [1.82, 2.24) is 14.5 Å². The topological polar surface area (TPSA) is 56.6 Å². The molecule has 2 rings (SSSR count). The van der Waals surface area contributed by atoms with Gasteiger partial charge >= 0.3 is 5.97 Å². The van der Waals surface area contributed by atoms with Crippen LogP contribution in [0.2, 0.25) is 0 Å². The summed E-state index contributed by atoms with van der Waals surface area (Å²) in [5.74, 6) is 0.853. The minimum atomic E-state index is -0.161. The predicted molar refractivity (Wildman–Crippen MR) is 79.0 cm³/mol. The highest BCUT2D eigenvalue weighted by Gasteiger charge is 2.19. The van der Waals surface area contributed by atoms with Crippen molar-refractivity contribution in [2.24, 2.45) is 0 Å². The average Bonchev–Trinajstić information content (AvgIpc) is 3.13. The minimum Gasteiger partial charge on any atom is -0.469 e. The van der Waals surface area contributed by atoms with Gasteiger partial charge in [-0.15, -0.1) is 0 Å². The summed E-state index contributed by atoms with van der Waals surface area (Å²) < 4.78 is 12.6. The van der Waals surface area contributed by atoms with Crippen LogP contribution in [-0.4, -0.2) is 59.9 Å². The Morgan fingerprint density at radius 2 is 2.43 bits per heavy atom. The quantitative estimate of drug-likeness (QED) is 0.675. The Morgan fingerprint density at radius 3 is 3.05 bits per heavy atom. The predicted octanol–water partition coefficient (Wildman–Crippen LogP) is 1.24. The summed E-state index contributed by atoms with van der Waals surface area (Å²) >= 11 is 0. The van der Waals surface area contributed by atoms with Crippen LogP contribution in [0.1, 0.15) is 25.1 Å². The number of aryl methyl sites for hydroxylation is 1. The van der Waals surface area contributed by atoms with Gasteiger partial charge in [-0.2, -0.15) is 0 Å². The molecule has 1 aromatic heterocycles. The molecular formula is C15H25N3O3. The van der Waals surface area contributed by atoms with E-state index >= 15 is 0 Å². The van der Waals surface area contributed by atoms with E-state index in [1.54, 1.807) is 0 Å². The van der Waals surface area contributed by atoms with Gasteiger partial charge in [-0.05, 0) is 19.8 Å². The smallest absolute Gasteiger partial charge is 0.306 e. The number of imidazole rings is 1. The highest BCUT2D eigenvalue weighted by atomic mass is 16.5. The van der Waals surface area contributed by atoms with E-state index in [9.17, 15) is 4.79 Å². The maximum atomic E-state index is 11.3. The Kier molecular flexibility index (Phi) is 6.20. The first-order valence-corrected chi connectivity index (χ1v) is 7.57. The van der Waals surface area contributed by atoms with Crippen molar-refractivity contribution in [1.29, 1.82) is 0 Å². The summed E-state index contributed by atoms with van der Waals surface area (Å²) in [7, 11) is 1.43. The molecule has 0 radical (unpaired) electrons. The first-order chi connectivity index (χ1) is 10.2. The highest BCUT2D eigenvalue weighted by molar-refractivity contribution is 5.69. The molecule has 0 aliphatic carbocycles. The summed E-state index contributed by atoms with van der Waals surface area (Å²) in [5.41, 5.74) is 0. The molecule has 1 unspecified atom stereocenters. The summed E-state index contributed by atoms with van der Waals surface area (Å²) in [5, 5.41) is 0. The molecule has 1 fully saturated rings. The fraction of sp³-hybridized carbons (Fsp3) is 0.733. The van der Waals surface area contributed by atoms with Gasteiger partial charge in [-0.25, -0.2) is 4.98 Å². The summed E-state index contributed by atoms with van der Waals surface area (Å²) in [6.45, 7) is 6.20. The number of methoxy groups -OCH3 is 1. The Bertz CT molecular complexity index is 441. The number of carbonyl (C=O) groups is 1. The molecule has 2 heterocycles. The van der Waals surface area contributed by atoms with Crippen LogP contribution in [-0.2, 0) is 20.8 Å². The van der Waals surface area contributed by atoms with Crippen LogP contribution in [0.25, 0.3) is 0 Å². The summed E-state index contributed by atoms with van der Waals surface area (Å²) in [4.78, 5) is 17.9. The standard InChI is InChI=1S/C15H25N3O3/c1-13-16-6-8-18(13)10-9-17(7-5-15(19)20-2)12-14-4-3-11-21-14/h6,8,14H,3-5,7,9-12H2,1-2H3. The number of hydrogen-bond donors (Lipinski definition) is 0. The van der Waals surface area contributed by atoms with E-state index in [0.717, 1.165) is 44.9 Å². The van der Waals surface area contributed by atoms with Crippen molar-refractivity contribution < 1.29 is 14.3 Å². The van der Waals surface area contributed by atoms with Crippen LogP contribution in [0.3, 0.4) is 0 Å². The van der Waals surface area contributed by atoms with Gasteiger partial charge in [0.05, 0.1) is 19.6 Å². The van der Waals surface area contributed by atoms with Gasteiger partial charge in [0.2, 0.25) is 0 Å². The third-order valence-electron chi connectivity index (χ3n) is 3.93. The first-order valence-electron chi connectivity index (χ1n) is 7.57. The fourth-order valence-corrected chi connectivity index (χ4v) is 2.61. The lowest BCUT2D eigenvalue weighted by molar-refractivity contribution is -0.141. The zero-order valence-electron chi connectivity index (χ0n) is 13.0. The average molecular weight is 295 g/mol. The molecule has 1 saturated heterocycles. The Hall–Kier alpha value is -1.40. The van der Waals surface area contributed by atoms with Crippen LogP contribution in [0.5, 0.6) is 0 Å². The van der Waals surface area contributed by atoms with Crippen molar-refractivity contribution in [3.63, 3.8) is 0 Å². The van der Waals surface area contributed by atoms with E-state index in [0.29, 0.717) is 19.1 Å². The van der Waals surface area contributed by atoms with Crippen LogP contribution in [0.4, 0.5) is 0 Å². The number of rotatable bonds is 8. The molecule has 1 aliphatic heterocycles. The normalized spacial score (nSPS) is 18.3. The van der Waals surface area contributed by atoms with Gasteiger partial charge < -0.3 is 14.0 Å². The third kappa shape index (κ3) is 5.13. The van der Waals surface area contributed by atoms with Crippen molar-refractivity contribution in [3.8, 4) is 0 Å². The molecule has 0 spiro atoms. The molecule has 0 bridgehead atoms. The molecule has 0 amide bonds. The first kappa shape index (κ1) is 16.0. The zero-order chi connectivity index (χ0) is 15.1. The van der Waals surface area contributed by atoms with Crippen LogP contribution < -0.4 is 0 Å². The van der Waals surface area contributed by atoms with Crippen molar-refractivity contribution in [3.05, 3.63) is 18.2 Å². The lowest BCUT2D eigenvalue weighted by Crippen LogP contribution is -2.36. The van der Waals surface area contributed by atoms with Gasteiger partial charge in [0.25, 0.3) is 0 Å². The maximum absolute atomic E-state index is 11.3. The van der Waals surface area contributed by atoms with Crippen molar-refractivity contribution >= 4 is 5.97 Å². The number of hydrogen-bond acceptors (Lipinski definition) is 5. The van der Waals surface area contributed by atoms with Crippen molar-refractivity contribution in [2.45, 2.75) is 38.8 Å². The highest BCUT2D eigenvalue weighted by Crippen LogP contribution is 2.13. The fourth-order valence-electron chi connectivity index (χ4n) is 2.61. The number of ether oxygens (including phenoxy) is 2. The molecule has 21 heavy (non-hydrogen) atoms. The Morgan fingerprint density at radius 1 is 1.57 bits per heavy atom. The second-order valence-electron chi connectivity index (χ2n) is 5.43. The van der Waals surface area contributed by atoms with E-state index in [-0.39, 0.29) is 5.97 Å². The number of nitrogens with zero attached hydrogens (tertiary/aromatic N) is 3. The summed E-state index contributed by atoms with van der Waals surface area (Å²) in [6.07, 6.45) is 6.77. The zero-order valence-corrected chi connectivity index (χ0v) is 13.0. The monoisotopic (exact) mass is 295 g/mol. The summed E-state index contributed by atoms with van der Waals surface area (Å²) in [6, 6.07) is 0. The van der Waals surface area contributed by atoms with Gasteiger partial charge in [0.1, 0.15) is 5.82 Å². The van der Waals surface area contributed by atoms with E-state index in [2.05, 4.69) is 14.5 Å². The minimum absolute atomic E-state index is 0.161. The third-order valence-corrected chi connectivity index (χ3v) is 3.93. The number of esters is 1. The van der Waals surface area contributed by atoms with Crippen LogP contribution in [0.15, 0.2) is 12.4 Å². The van der Waals surface area contributed by atoms with Crippen LogP contribution in [0, 0.1) is 6.92 Å². The molecule has 0 N–H and O–H groups in total. The Balaban J connectivity index is 1.84. The Labute approximate surface area is 126 Å². The second-order valence-corrected chi connectivity index (χ2v) is 5.43. The largest absolute Gasteiger partial charge is 0.469 e. The SMILES string of the molecule is COC(=O)CCN(CCn1ccnc1C)CC1CCCO1. The molecular weight excluding hydrogens is 270 g/mol. The molecule has 1 aliphatic rings. The van der Waals surface area contributed by atoms with Gasteiger partial charge in [0, 0.05) is 45.2 Å². The van der Waals surface area contributed by atoms with Gasteiger partial charge in [0.15, 0.2) is 0 Å². The van der Waals surface area contributed by atoms with Crippen LogP contribution >= 0.6 is 0 Å². The number of carbonyl (C=O) groups excluding carboxylic acids is 1. The molecule has 118 valence electrons. The van der Waals surface area contributed by atoms with E-state index < -0.39 is 0 Å². The maximum Gasteiger partial charge on any atom is 0.306 e. The van der Waals surface area contributed by atoms with Gasteiger partial charge in [-0.3, -0.25) is 9.69 Å². The lowest BCUT2D eigenvalue weighted by atomic mass is 10.2. The molecule has 6 heteroatoms. The molecule has 0 aromatic carbocycles. The molecule has 1 aromatic rings. The van der Waals surface area contributed by atoms with E-state index in [1.807, 2.05) is 19.3 Å². The second kappa shape index (κ2) is 8.14. The molecule has 1 atom stereocenters. The number of aromatic nitrogens is 2. The van der Waals surface area contributed by atoms with E-state index in [1.165, 1.54) is 7.11 Å². The van der Waals surface area contributed by atoms with Crippen molar-refractivity contribution in [2.75, 3.05) is 33.4 Å². The lowest BCUT2D eigenvalue weighted by Gasteiger charge is -2.25. The molecule has 0 saturated carbocycles. The van der Waals surface area contributed by atoms with E-state index in [4.69, 9.17) is 9.47 Å². The van der Waals surface area contributed by atoms with Gasteiger partial charge in [-0.1, -0.05) is 0 Å².